The maximum absolute atomic E-state index is 12.5. The van der Waals surface area contributed by atoms with Crippen LogP contribution < -0.4 is 5.73 Å². The highest BCUT2D eigenvalue weighted by Crippen LogP contribution is 2.26. The first-order chi connectivity index (χ1) is 11.3. The Kier molecular flexibility index (Phi) is 4.69. The SMILES string of the molecule is NCC(C(=O)OCc1ccccc1)c1cccc2ccccc12. The molecule has 3 rings (SSSR count). The normalized spacial score (nSPS) is 12.0. The number of benzene rings is 3. The van der Waals surface area contributed by atoms with Gasteiger partial charge in [-0.3, -0.25) is 4.79 Å². The lowest BCUT2D eigenvalue weighted by Gasteiger charge is -2.16. The fourth-order valence-electron chi connectivity index (χ4n) is 2.73. The number of hydrogen-bond donors (Lipinski definition) is 1. The molecule has 1 atom stereocenters. The molecule has 3 aromatic rings. The molecule has 0 aliphatic heterocycles. The molecule has 3 heteroatoms. The van der Waals surface area contributed by atoms with Crippen molar-refractivity contribution >= 4 is 16.7 Å². The van der Waals surface area contributed by atoms with Gasteiger partial charge in [-0.1, -0.05) is 72.8 Å². The summed E-state index contributed by atoms with van der Waals surface area (Å²) in [7, 11) is 0. The van der Waals surface area contributed by atoms with Gasteiger partial charge in [0.2, 0.25) is 0 Å². The first kappa shape index (κ1) is 15.3. The molecule has 0 fully saturated rings. The molecule has 0 heterocycles. The van der Waals surface area contributed by atoms with E-state index in [-0.39, 0.29) is 19.1 Å². The lowest BCUT2D eigenvalue weighted by atomic mass is 9.93. The smallest absolute Gasteiger partial charge is 0.315 e. The third-order valence-electron chi connectivity index (χ3n) is 3.94. The summed E-state index contributed by atoms with van der Waals surface area (Å²) < 4.78 is 5.47. The molecule has 0 aliphatic rings. The number of carbonyl (C=O) groups is 1. The number of fused-ring (bicyclic) bond motifs is 1. The largest absolute Gasteiger partial charge is 0.460 e. The number of nitrogens with two attached hydrogens (primary N) is 1. The summed E-state index contributed by atoms with van der Waals surface area (Å²) in [4.78, 5) is 12.5. The molecule has 0 bridgehead atoms. The monoisotopic (exact) mass is 305 g/mol. The Hall–Kier alpha value is -2.65. The third kappa shape index (κ3) is 3.41. The van der Waals surface area contributed by atoms with Crippen molar-refractivity contribution in [1.29, 1.82) is 0 Å². The summed E-state index contributed by atoms with van der Waals surface area (Å²) in [6.45, 7) is 0.489. The number of ether oxygens (including phenoxy) is 1. The minimum Gasteiger partial charge on any atom is -0.460 e. The first-order valence-electron chi connectivity index (χ1n) is 7.68. The van der Waals surface area contributed by atoms with E-state index < -0.39 is 5.92 Å². The average molecular weight is 305 g/mol. The van der Waals surface area contributed by atoms with E-state index in [1.165, 1.54) is 0 Å². The van der Waals surface area contributed by atoms with Crippen LogP contribution in [0.5, 0.6) is 0 Å². The molecule has 116 valence electrons. The van der Waals surface area contributed by atoms with Crippen LogP contribution in [-0.4, -0.2) is 12.5 Å². The van der Waals surface area contributed by atoms with Crippen LogP contribution in [0.4, 0.5) is 0 Å². The molecule has 0 spiro atoms. The standard InChI is InChI=1S/C20H19NO2/c21-13-19(20(22)23-14-15-7-2-1-3-8-15)18-12-6-10-16-9-4-5-11-17(16)18/h1-12,19H,13-14,21H2. The molecule has 0 saturated carbocycles. The third-order valence-corrected chi connectivity index (χ3v) is 3.94. The van der Waals surface area contributed by atoms with Crippen molar-refractivity contribution in [2.24, 2.45) is 5.73 Å². The Morgan fingerprint density at radius 2 is 1.61 bits per heavy atom. The highest BCUT2D eigenvalue weighted by atomic mass is 16.5. The van der Waals surface area contributed by atoms with Crippen molar-refractivity contribution in [3.05, 3.63) is 83.9 Å². The highest BCUT2D eigenvalue weighted by Gasteiger charge is 2.22. The van der Waals surface area contributed by atoms with E-state index in [1.807, 2.05) is 72.8 Å². The summed E-state index contributed by atoms with van der Waals surface area (Å²) in [5, 5.41) is 2.14. The van der Waals surface area contributed by atoms with Crippen LogP contribution >= 0.6 is 0 Å². The minimum atomic E-state index is -0.454. The van der Waals surface area contributed by atoms with Crippen LogP contribution in [0.25, 0.3) is 10.8 Å². The van der Waals surface area contributed by atoms with Gasteiger partial charge in [-0.25, -0.2) is 0 Å². The molecule has 0 aliphatic carbocycles. The molecular weight excluding hydrogens is 286 g/mol. The van der Waals surface area contributed by atoms with E-state index in [1.54, 1.807) is 0 Å². The zero-order valence-electron chi connectivity index (χ0n) is 12.8. The van der Waals surface area contributed by atoms with E-state index >= 15 is 0 Å². The van der Waals surface area contributed by atoms with Crippen molar-refractivity contribution in [2.45, 2.75) is 12.5 Å². The summed E-state index contributed by atoms with van der Waals surface area (Å²) in [5.41, 5.74) is 7.75. The summed E-state index contributed by atoms with van der Waals surface area (Å²) in [6, 6.07) is 23.6. The van der Waals surface area contributed by atoms with E-state index in [4.69, 9.17) is 10.5 Å². The predicted octanol–water partition coefficient (Wildman–Crippen LogP) is 3.63. The van der Waals surface area contributed by atoms with E-state index in [0.717, 1.165) is 21.9 Å². The lowest BCUT2D eigenvalue weighted by Crippen LogP contribution is -2.24. The van der Waals surface area contributed by atoms with Gasteiger partial charge in [0.05, 0.1) is 5.92 Å². The van der Waals surface area contributed by atoms with Crippen LogP contribution in [-0.2, 0) is 16.1 Å². The molecule has 3 aromatic carbocycles. The van der Waals surface area contributed by atoms with Crippen LogP contribution in [0.2, 0.25) is 0 Å². The van der Waals surface area contributed by atoms with Crippen molar-refractivity contribution in [1.82, 2.24) is 0 Å². The molecule has 0 aromatic heterocycles. The molecule has 3 nitrogen and oxygen atoms in total. The molecule has 0 radical (unpaired) electrons. The topological polar surface area (TPSA) is 52.3 Å². The Bertz CT molecular complexity index is 794. The second-order valence-corrected chi connectivity index (χ2v) is 5.45. The number of carbonyl (C=O) groups excluding carboxylic acids is 1. The van der Waals surface area contributed by atoms with Gasteiger partial charge in [0.25, 0.3) is 0 Å². The quantitative estimate of drug-likeness (QED) is 0.732. The fraction of sp³-hybridized carbons (Fsp3) is 0.150. The van der Waals surface area contributed by atoms with Gasteiger partial charge in [-0.2, -0.15) is 0 Å². The van der Waals surface area contributed by atoms with Gasteiger partial charge in [0.15, 0.2) is 0 Å². The average Bonchev–Trinajstić information content (AvgIpc) is 2.62. The van der Waals surface area contributed by atoms with Gasteiger partial charge in [-0.15, -0.1) is 0 Å². The van der Waals surface area contributed by atoms with Crippen molar-refractivity contribution in [3.63, 3.8) is 0 Å². The second-order valence-electron chi connectivity index (χ2n) is 5.45. The second kappa shape index (κ2) is 7.07. The van der Waals surface area contributed by atoms with Crippen LogP contribution in [0.1, 0.15) is 17.0 Å². The van der Waals surface area contributed by atoms with Crippen LogP contribution in [0.3, 0.4) is 0 Å². The van der Waals surface area contributed by atoms with E-state index in [0.29, 0.717) is 0 Å². The number of esters is 1. The van der Waals surface area contributed by atoms with Gasteiger partial charge < -0.3 is 10.5 Å². The molecule has 2 N–H and O–H groups in total. The predicted molar refractivity (Wildman–Crippen MR) is 92.0 cm³/mol. The number of rotatable bonds is 5. The molecular formula is C20H19NO2. The summed E-state index contributed by atoms with van der Waals surface area (Å²) >= 11 is 0. The van der Waals surface area contributed by atoms with E-state index in [9.17, 15) is 4.79 Å². The van der Waals surface area contributed by atoms with Crippen molar-refractivity contribution < 1.29 is 9.53 Å². The molecule has 0 saturated heterocycles. The van der Waals surface area contributed by atoms with Crippen LogP contribution in [0, 0.1) is 0 Å². The Balaban J connectivity index is 1.82. The summed E-state index contributed by atoms with van der Waals surface area (Å²) in [5.74, 6) is -0.738. The lowest BCUT2D eigenvalue weighted by molar-refractivity contribution is -0.146. The zero-order valence-corrected chi connectivity index (χ0v) is 12.8. The molecule has 0 amide bonds. The fourth-order valence-corrected chi connectivity index (χ4v) is 2.73. The first-order valence-corrected chi connectivity index (χ1v) is 7.68. The Morgan fingerprint density at radius 3 is 2.39 bits per heavy atom. The Morgan fingerprint density at radius 1 is 0.913 bits per heavy atom. The summed E-state index contributed by atoms with van der Waals surface area (Å²) in [6.07, 6.45) is 0. The van der Waals surface area contributed by atoms with Crippen molar-refractivity contribution in [3.8, 4) is 0 Å². The van der Waals surface area contributed by atoms with E-state index in [2.05, 4.69) is 0 Å². The maximum atomic E-state index is 12.5. The zero-order chi connectivity index (χ0) is 16.1. The van der Waals surface area contributed by atoms with Crippen LogP contribution in [0.15, 0.2) is 72.8 Å². The number of hydrogen-bond acceptors (Lipinski definition) is 3. The van der Waals surface area contributed by atoms with Gasteiger partial charge in [0, 0.05) is 6.54 Å². The van der Waals surface area contributed by atoms with Gasteiger partial charge in [-0.05, 0) is 21.9 Å². The van der Waals surface area contributed by atoms with Gasteiger partial charge >= 0.3 is 5.97 Å². The van der Waals surface area contributed by atoms with Crippen molar-refractivity contribution in [2.75, 3.05) is 6.54 Å². The highest BCUT2D eigenvalue weighted by molar-refractivity contribution is 5.91. The molecule has 1 unspecified atom stereocenters. The minimum absolute atomic E-state index is 0.224. The Labute approximate surface area is 135 Å². The van der Waals surface area contributed by atoms with Gasteiger partial charge in [0.1, 0.15) is 6.61 Å². The maximum Gasteiger partial charge on any atom is 0.315 e. The molecule has 23 heavy (non-hydrogen) atoms.